The van der Waals surface area contributed by atoms with Crippen LogP contribution in [0.4, 0.5) is 0 Å². The van der Waals surface area contributed by atoms with E-state index in [1.807, 2.05) is 24.4 Å². The monoisotopic (exact) mass is 385 g/mol. The Labute approximate surface area is 169 Å². The Morgan fingerprint density at radius 2 is 2.07 bits per heavy atom. The van der Waals surface area contributed by atoms with Gasteiger partial charge in [0.1, 0.15) is 11.3 Å². The van der Waals surface area contributed by atoms with E-state index in [0.717, 1.165) is 35.3 Å². The van der Waals surface area contributed by atoms with Crippen molar-refractivity contribution in [3.63, 3.8) is 0 Å². The first-order valence-electron chi connectivity index (χ1n) is 10.1. The predicted molar refractivity (Wildman–Crippen MR) is 113 cm³/mol. The van der Waals surface area contributed by atoms with E-state index in [1.54, 1.807) is 12.1 Å². The number of imidazole rings is 1. The second kappa shape index (κ2) is 6.99. The average Bonchev–Trinajstić information content (AvgIpc) is 3.51. The van der Waals surface area contributed by atoms with Gasteiger partial charge in [0.25, 0.3) is 0 Å². The number of pyridine rings is 1. The molecule has 5 heteroatoms. The van der Waals surface area contributed by atoms with Crippen molar-refractivity contribution in [3.05, 3.63) is 77.3 Å². The van der Waals surface area contributed by atoms with E-state index in [2.05, 4.69) is 34.7 Å². The zero-order valence-corrected chi connectivity index (χ0v) is 16.4. The fraction of sp³-hybridized carbons (Fsp3) is 0.292. The zero-order valence-electron chi connectivity index (χ0n) is 16.4. The van der Waals surface area contributed by atoms with Crippen molar-refractivity contribution >= 4 is 22.7 Å². The van der Waals surface area contributed by atoms with Crippen molar-refractivity contribution in [2.75, 3.05) is 0 Å². The Balaban J connectivity index is 1.42. The highest BCUT2D eigenvalue weighted by molar-refractivity contribution is 5.95. The SMILES string of the molecule is Cc1ccnc2c1nc(C1CC1)n2CC1C=CC(c2ccccc2C(=O)O)=CC1. The quantitative estimate of drug-likeness (QED) is 0.673. The largest absolute Gasteiger partial charge is 0.478 e. The minimum atomic E-state index is -0.891. The maximum absolute atomic E-state index is 11.5. The summed E-state index contributed by atoms with van der Waals surface area (Å²) in [5.41, 5.74) is 5.26. The summed E-state index contributed by atoms with van der Waals surface area (Å²) in [6.07, 6.45) is 11.6. The van der Waals surface area contributed by atoms with Crippen molar-refractivity contribution in [2.24, 2.45) is 5.92 Å². The second-order valence-corrected chi connectivity index (χ2v) is 8.02. The number of carboxylic acids is 1. The molecule has 2 aromatic heterocycles. The summed E-state index contributed by atoms with van der Waals surface area (Å²) in [4.78, 5) is 21.1. The number of nitrogens with zero attached hydrogens (tertiary/aromatic N) is 3. The Morgan fingerprint density at radius 1 is 1.24 bits per heavy atom. The maximum Gasteiger partial charge on any atom is 0.336 e. The first kappa shape index (κ1) is 17.9. The molecule has 0 spiro atoms. The van der Waals surface area contributed by atoms with E-state index in [9.17, 15) is 9.90 Å². The van der Waals surface area contributed by atoms with Gasteiger partial charge in [-0.3, -0.25) is 0 Å². The minimum Gasteiger partial charge on any atom is -0.478 e. The molecule has 146 valence electrons. The summed E-state index contributed by atoms with van der Waals surface area (Å²) < 4.78 is 2.30. The summed E-state index contributed by atoms with van der Waals surface area (Å²) in [6, 6.07) is 9.20. The summed E-state index contributed by atoms with van der Waals surface area (Å²) in [7, 11) is 0. The van der Waals surface area contributed by atoms with E-state index >= 15 is 0 Å². The first-order chi connectivity index (χ1) is 14.1. The third-order valence-electron chi connectivity index (χ3n) is 5.88. The molecule has 0 bridgehead atoms. The van der Waals surface area contributed by atoms with Gasteiger partial charge < -0.3 is 9.67 Å². The molecule has 1 N–H and O–H groups in total. The van der Waals surface area contributed by atoms with Crippen LogP contribution >= 0.6 is 0 Å². The molecule has 0 amide bonds. The Morgan fingerprint density at radius 3 is 2.79 bits per heavy atom. The van der Waals surface area contributed by atoms with Gasteiger partial charge in [-0.15, -0.1) is 0 Å². The standard InChI is InChI=1S/C24H23N3O2/c1-15-12-13-25-23-21(15)26-22(18-10-11-18)27(23)14-16-6-8-17(9-7-16)19-4-2-3-5-20(19)24(28)29/h2-6,8-9,12-13,16,18H,7,10-11,14H2,1H3,(H,28,29). The lowest BCUT2D eigenvalue weighted by Crippen LogP contribution is -2.13. The average molecular weight is 385 g/mol. The number of carboxylic acid groups (broad SMARTS) is 1. The smallest absolute Gasteiger partial charge is 0.336 e. The normalized spacial score (nSPS) is 18.8. The number of aromatic carboxylic acids is 1. The van der Waals surface area contributed by atoms with Gasteiger partial charge in [0, 0.05) is 18.7 Å². The van der Waals surface area contributed by atoms with E-state index in [0.29, 0.717) is 17.4 Å². The molecule has 0 aliphatic heterocycles. The Bertz CT molecular complexity index is 1170. The first-order valence-corrected chi connectivity index (χ1v) is 10.1. The molecule has 2 aliphatic carbocycles. The Hall–Kier alpha value is -3.21. The van der Waals surface area contributed by atoms with E-state index in [1.165, 1.54) is 24.2 Å². The molecule has 5 nitrogen and oxygen atoms in total. The second-order valence-electron chi connectivity index (χ2n) is 8.02. The van der Waals surface area contributed by atoms with Crippen LogP contribution in [0.3, 0.4) is 0 Å². The van der Waals surface area contributed by atoms with Gasteiger partial charge in [0.05, 0.1) is 5.56 Å². The number of benzene rings is 1. The van der Waals surface area contributed by atoms with Gasteiger partial charge in [0.2, 0.25) is 0 Å². The molecule has 0 radical (unpaired) electrons. The molecule has 0 saturated heterocycles. The number of hydrogen-bond donors (Lipinski definition) is 1. The van der Waals surface area contributed by atoms with Crippen LogP contribution in [-0.4, -0.2) is 25.6 Å². The summed E-state index contributed by atoms with van der Waals surface area (Å²) in [5, 5.41) is 9.46. The molecule has 5 rings (SSSR count). The molecule has 1 aromatic carbocycles. The molecule has 1 atom stereocenters. The molecule has 29 heavy (non-hydrogen) atoms. The molecule has 1 unspecified atom stereocenters. The number of carbonyl (C=O) groups is 1. The predicted octanol–water partition coefficient (Wildman–Crippen LogP) is 4.98. The van der Waals surface area contributed by atoms with Crippen LogP contribution in [-0.2, 0) is 6.54 Å². The van der Waals surface area contributed by atoms with Crippen LogP contribution in [0.5, 0.6) is 0 Å². The van der Waals surface area contributed by atoms with Crippen LogP contribution in [0.1, 0.15) is 52.5 Å². The zero-order chi connectivity index (χ0) is 20.0. The fourth-order valence-electron chi connectivity index (χ4n) is 4.14. The minimum absolute atomic E-state index is 0.341. The van der Waals surface area contributed by atoms with Gasteiger partial charge >= 0.3 is 5.97 Å². The number of hydrogen-bond acceptors (Lipinski definition) is 3. The lowest BCUT2D eigenvalue weighted by molar-refractivity contribution is 0.0696. The molecule has 2 aliphatic rings. The summed E-state index contributed by atoms with van der Waals surface area (Å²) in [5.74, 6) is 1.18. The third-order valence-corrected chi connectivity index (χ3v) is 5.88. The molecule has 1 fully saturated rings. The van der Waals surface area contributed by atoms with Crippen LogP contribution in [0.25, 0.3) is 16.7 Å². The van der Waals surface area contributed by atoms with Crippen molar-refractivity contribution < 1.29 is 9.90 Å². The van der Waals surface area contributed by atoms with E-state index in [4.69, 9.17) is 4.98 Å². The van der Waals surface area contributed by atoms with Crippen molar-refractivity contribution in [3.8, 4) is 0 Å². The number of aromatic nitrogens is 3. The van der Waals surface area contributed by atoms with Gasteiger partial charge in [-0.05, 0) is 60.9 Å². The highest BCUT2D eigenvalue weighted by Crippen LogP contribution is 2.41. The van der Waals surface area contributed by atoms with Gasteiger partial charge in [-0.1, -0.05) is 36.4 Å². The number of aryl methyl sites for hydroxylation is 1. The van der Waals surface area contributed by atoms with Crippen molar-refractivity contribution in [1.82, 2.24) is 14.5 Å². The lowest BCUT2D eigenvalue weighted by Gasteiger charge is -2.19. The summed E-state index contributed by atoms with van der Waals surface area (Å²) >= 11 is 0. The van der Waals surface area contributed by atoms with Crippen LogP contribution < -0.4 is 0 Å². The van der Waals surface area contributed by atoms with Crippen molar-refractivity contribution in [2.45, 2.75) is 38.6 Å². The molecule has 1 saturated carbocycles. The highest BCUT2D eigenvalue weighted by atomic mass is 16.4. The fourth-order valence-corrected chi connectivity index (χ4v) is 4.14. The maximum atomic E-state index is 11.5. The van der Waals surface area contributed by atoms with Crippen LogP contribution in [0.15, 0.2) is 54.8 Å². The topological polar surface area (TPSA) is 68.0 Å². The van der Waals surface area contributed by atoms with Crippen molar-refractivity contribution in [1.29, 1.82) is 0 Å². The van der Waals surface area contributed by atoms with Gasteiger partial charge in [-0.25, -0.2) is 14.8 Å². The third kappa shape index (κ3) is 3.27. The highest BCUT2D eigenvalue weighted by Gasteiger charge is 2.31. The van der Waals surface area contributed by atoms with Crippen LogP contribution in [0.2, 0.25) is 0 Å². The van der Waals surface area contributed by atoms with E-state index < -0.39 is 5.97 Å². The number of allylic oxidation sites excluding steroid dienone is 4. The molecular weight excluding hydrogens is 362 g/mol. The van der Waals surface area contributed by atoms with Crippen LogP contribution in [0, 0.1) is 12.8 Å². The van der Waals surface area contributed by atoms with E-state index in [-0.39, 0.29) is 0 Å². The Kier molecular flexibility index (Phi) is 4.31. The number of rotatable bonds is 5. The van der Waals surface area contributed by atoms with Gasteiger partial charge in [0.15, 0.2) is 5.65 Å². The van der Waals surface area contributed by atoms with Gasteiger partial charge in [-0.2, -0.15) is 0 Å². The number of fused-ring (bicyclic) bond motifs is 1. The summed E-state index contributed by atoms with van der Waals surface area (Å²) in [6.45, 7) is 2.94. The lowest BCUT2D eigenvalue weighted by atomic mass is 9.90. The molecule has 2 heterocycles. The molecule has 3 aromatic rings. The molecular formula is C24H23N3O2.